The van der Waals surface area contributed by atoms with Crippen LogP contribution in [0.3, 0.4) is 0 Å². The first-order valence-corrected chi connectivity index (χ1v) is 14.2. The Hall–Kier alpha value is -4.05. The van der Waals surface area contributed by atoms with Gasteiger partial charge in [-0.05, 0) is 58.7 Å². The minimum Gasteiger partial charge on any atom is -0.545 e. The van der Waals surface area contributed by atoms with Crippen molar-refractivity contribution in [1.82, 2.24) is 9.80 Å². The van der Waals surface area contributed by atoms with Gasteiger partial charge in [0.1, 0.15) is 0 Å². The van der Waals surface area contributed by atoms with Crippen LogP contribution in [-0.2, 0) is 33.6 Å². The minimum atomic E-state index is -1.65. The number of nitrogens with zero attached hydrogens (tertiary/aromatic N) is 2. The van der Waals surface area contributed by atoms with E-state index in [1.54, 1.807) is 9.80 Å². The molecule has 2 aromatic rings. The van der Waals surface area contributed by atoms with Gasteiger partial charge in [0.05, 0.1) is 74.6 Å². The molecule has 2 aromatic carbocycles. The van der Waals surface area contributed by atoms with Gasteiger partial charge in [-0.3, -0.25) is 9.80 Å². The number of aliphatic hydroxyl groups is 6. The average Bonchev–Trinajstić information content (AvgIpc) is 3.06. The Morgan fingerprint density at radius 1 is 0.385 bits per heavy atom. The molecule has 0 heterocycles. The van der Waals surface area contributed by atoms with Gasteiger partial charge in [0, 0.05) is 39.3 Å². The molecular formula is C30H38Co2N2O18+2. The van der Waals surface area contributed by atoms with E-state index in [1.165, 1.54) is 0 Å². The van der Waals surface area contributed by atoms with Crippen molar-refractivity contribution in [3.05, 3.63) is 69.8 Å². The topological polar surface area (TPSA) is 363 Å². The number of rotatable bonds is 18. The first-order valence-electron chi connectivity index (χ1n) is 14.2. The Kier molecular flexibility index (Phi) is 33.3. The van der Waals surface area contributed by atoms with Crippen molar-refractivity contribution in [2.45, 2.75) is 0 Å². The second-order valence-electron chi connectivity index (χ2n) is 9.38. The molecule has 0 radical (unpaired) electrons. The average molecular weight is 832 g/mol. The van der Waals surface area contributed by atoms with E-state index in [0.717, 1.165) is 36.4 Å². The molecule has 22 heteroatoms. The summed E-state index contributed by atoms with van der Waals surface area (Å²) >= 11 is 0. The summed E-state index contributed by atoms with van der Waals surface area (Å²) in [7, 11) is 0. The van der Waals surface area contributed by atoms with Crippen LogP contribution in [-0.4, -0.2) is 165 Å². The van der Waals surface area contributed by atoms with Crippen molar-refractivity contribution in [1.29, 1.82) is 0 Å². The van der Waals surface area contributed by atoms with Gasteiger partial charge in [-0.1, -0.05) is 0 Å². The Morgan fingerprint density at radius 2 is 0.538 bits per heavy atom. The van der Waals surface area contributed by atoms with E-state index in [0.29, 0.717) is 39.3 Å². The van der Waals surface area contributed by atoms with E-state index < -0.39 is 69.2 Å². The Bertz CT molecular complexity index is 1110. The largest absolute Gasteiger partial charge is 3.00 e. The molecule has 0 aliphatic carbocycles. The van der Waals surface area contributed by atoms with Gasteiger partial charge in [-0.15, -0.1) is 0 Å². The van der Waals surface area contributed by atoms with Crippen molar-refractivity contribution in [3.63, 3.8) is 0 Å². The quantitative estimate of drug-likeness (QED) is 0.0691. The van der Waals surface area contributed by atoms with Gasteiger partial charge in [0.15, 0.2) is 0 Å². The molecular weight excluding hydrogens is 794 g/mol. The SMILES string of the molecule is O=C([O-])c1cc(C(=O)[O-])cc(C(=O)O)c1.O=C([O-])c1cc(C(=O)[O-])cc(C(=O)O)c1.OCCN(CCO)CCO.OCCN(CCO)CCO.[Co+3].[Co+3]. The fraction of sp³-hybridized carbons (Fsp3) is 0.400. The third kappa shape index (κ3) is 24.2. The first-order chi connectivity index (χ1) is 23.5. The molecule has 0 atom stereocenters. The molecule has 0 amide bonds. The fourth-order valence-corrected chi connectivity index (χ4v) is 3.49. The van der Waals surface area contributed by atoms with Crippen LogP contribution in [0.2, 0.25) is 0 Å². The molecule has 0 unspecified atom stereocenters. The van der Waals surface area contributed by atoms with Crippen molar-refractivity contribution >= 4 is 35.8 Å². The van der Waals surface area contributed by atoms with Gasteiger partial charge in [0.25, 0.3) is 0 Å². The third-order valence-corrected chi connectivity index (χ3v) is 5.80. The number of carbonyl (C=O) groups is 6. The zero-order chi connectivity index (χ0) is 38.8. The third-order valence-electron chi connectivity index (χ3n) is 5.80. The van der Waals surface area contributed by atoms with Crippen LogP contribution in [0.15, 0.2) is 36.4 Å². The van der Waals surface area contributed by atoms with E-state index in [2.05, 4.69) is 0 Å². The number of aliphatic hydroxyl groups excluding tert-OH is 6. The van der Waals surface area contributed by atoms with Crippen LogP contribution in [0.1, 0.15) is 62.1 Å². The summed E-state index contributed by atoms with van der Waals surface area (Å²) in [6, 6.07) is 4.79. The molecule has 0 fully saturated rings. The summed E-state index contributed by atoms with van der Waals surface area (Å²) in [5, 5.41) is 110. The van der Waals surface area contributed by atoms with Crippen LogP contribution in [0.4, 0.5) is 0 Å². The predicted octanol–water partition coefficient (Wildman–Crippen LogP) is -7.25. The molecule has 0 spiro atoms. The normalized spacial score (nSPS) is 9.69. The molecule has 2 rings (SSSR count). The summed E-state index contributed by atoms with van der Waals surface area (Å²) in [6.45, 7) is 3.51. The Labute approximate surface area is 317 Å². The Morgan fingerprint density at radius 3 is 0.654 bits per heavy atom. The summed E-state index contributed by atoms with van der Waals surface area (Å²) in [5.41, 5.74) is -2.97. The molecule has 0 aliphatic heterocycles. The molecule has 8 N–H and O–H groups in total. The van der Waals surface area contributed by atoms with Crippen molar-refractivity contribution in [2.24, 2.45) is 0 Å². The molecule has 0 saturated carbocycles. The zero-order valence-corrected chi connectivity index (χ0v) is 29.3. The molecule has 0 aromatic heterocycles. The second-order valence-corrected chi connectivity index (χ2v) is 9.38. The maximum atomic E-state index is 10.5. The fourth-order valence-electron chi connectivity index (χ4n) is 3.49. The number of carboxylic acids is 6. The van der Waals surface area contributed by atoms with Crippen molar-refractivity contribution < 1.29 is 124 Å². The maximum absolute atomic E-state index is 10.5. The molecule has 52 heavy (non-hydrogen) atoms. The van der Waals surface area contributed by atoms with Crippen LogP contribution in [0.5, 0.6) is 0 Å². The predicted molar refractivity (Wildman–Crippen MR) is 160 cm³/mol. The summed E-state index contributed by atoms with van der Waals surface area (Å²) < 4.78 is 0. The van der Waals surface area contributed by atoms with Gasteiger partial charge < -0.3 is 80.5 Å². The number of carbonyl (C=O) groups excluding carboxylic acids is 4. The molecule has 0 saturated heterocycles. The number of hydrogen-bond acceptors (Lipinski definition) is 18. The molecule has 0 bridgehead atoms. The summed E-state index contributed by atoms with van der Waals surface area (Å²) in [6.07, 6.45) is 0. The van der Waals surface area contributed by atoms with E-state index in [9.17, 15) is 49.2 Å². The summed E-state index contributed by atoms with van der Waals surface area (Å²) in [4.78, 5) is 66.4. The summed E-state index contributed by atoms with van der Waals surface area (Å²) in [5.74, 6) is -9.47. The van der Waals surface area contributed by atoms with E-state index >= 15 is 0 Å². The van der Waals surface area contributed by atoms with Gasteiger partial charge in [-0.25, -0.2) is 9.59 Å². The van der Waals surface area contributed by atoms with Crippen LogP contribution < -0.4 is 20.4 Å². The van der Waals surface area contributed by atoms with Crippen LogP contribution >= 0.6 is 0 Å². The van der Waals surface area contributed by atoms with Crippen LogP contribution in [0, 0.1) is 0 Å². The molecule has 292 valence electrons. The van der Waals surface area contributed by atoms with E-state index in [4.69, 9.17) is 40.9 Å². The van der Waals surface area contributed by atoms with Crippen LogP contribution in [0.25, 0.3) is 0 Å². The smallest absolute Gasteiger partial charge is 0.545 e. The number of benzene rings is 2. The standard InChI is InChI=1S/2C9H6O6.2C6H15NO3.2Co/c2*10-7(11)4-1-5(8(12)13)3-6(2-4)9(14)15;2*8-4-1-7(2-5-9)3-6-10;;/h2*1-3H,(H,10,11)(H,12,13)(H,14,15);2*8-10H,1-6H2;;/q;;;;2*+3/p-4. The number of carboxylic acid groups (broad SMARTS) is 6. The number of hydrogen-bond donors (Lipinski definition) is 8. The van der Waals surface area contributed by atoms with Gasteiger partial charge >= 0.3 is 45.5 Å². The monoisotopic (exact) mass is 832 g/mol. The van der Waals surface area contributed by atoms with E-state index in [-0.39, 0.29) is 73.2 Å². The van der Waals surface area contributed by atoms with Crippen molar-refractivity contribution in [3.8, 4) is 0 Å². The Balaban J connectivity index is -0.000000297. The van der Waals surface area contributed by atoms with E-state index in [1.807, 2.05) is 0 Å². The molecule has 20 nitrogen and oxygen atoms in total. The second kappa shape index (κ2) is 31.7. The maximum Gasteiger partial charge on any atom is 3.00 e. The minimum absolute atomic E-state index is 0. The molecule has 0 aliphatic rings. The first kappa shape index (κ1) is 54.7. The zero-order valence-electron chi connectivity index (χ0n) is 27.2. The van der Waals surface area contributed by atoms with Gasteiger partial charge in [0.2, 0.25) is 0 Å². The van der Waals surface area contributed by atoms with Crippen molar-refractivity contribution in [2.75, 3.05) is 78.9 Å². The number of aromatic carboxylic acids is 6. The van der Waals surface area contributed by atoms with Gasteiger partial charge in [-0.2, -0.15) is 0 Å².